The maximum absolute atomic E-state index is 3.95. The summed E-state index contributed by atoms with van der Waals surface area (Å²) in [6.07, 6.45) is 16.0. The van der Waals surface area contributed by atoms with E-state index in [0.29, 0.717) is 0 Å². The Morgan fingerprint density at radius 3 is 2.22 bits per heavy atom. The first-order chi connectivity index (χ1) is 8.79. The van der Waals surface area contributed by atoms with Gasteiger partial charge in [-0.2, -0.15) is 0 Å². The fraction of sp³-hybridized carbons (Fsp3) is 1.00. The van der Waals surface area contributed by atoms with E-state index < -0.39 is 0 Å². The lowest BCUT2D eigenvalue weighted by molar-refractivity contribution is 0.219. The molecule has 2 saturated carbocycles. The van der Waals surface area contributed by atoms with Crippen molar-refractivity contribution in [3.05, 3.63) is 0 Å². The van der Waals surface area contributed by atoms with Crippen LogP contribution in [0.1, 0.15) is 84.5 Å². The van der Waals surface area contributed by atoms with Crippen molar-refractivity contribution in [2.45, 2.75) is 96.6 Å². The summed E-state index contributed by atoms with van der Waals surface area (Å²) in [6.45, 7) is 4.77. The summed E-state index contributed by atoms with van der Waals surface area (Å²) < 4.78 is 0. The van der Waals surface area contributed by atoms with Gasteiger partial charge in [-0.05, 0) is 57.3 Å². The number of hydrogen-bond acceptors (Lipinski definition) is 1. The van der Waals surface area contributed by atoms with Crippen LogP contribution >= 0.6 is 0 Å². The Hall–Kier alpha value is -0.0400. The van der Waals surface area contributed by atoms with Crippen LogP contribution in [0.4, 0.5) is 0 Å². The van der Waals surface area contributed by atoms with Gasteiger partial charge in [0.2, 0.25) is 0 Å². The Labute approximate surface area is 114 Å². The van der Waals surface area contributed by atoms with Crippen LogP contribution in [-0.2, 0) is 0 Å². The minimum atomic E-state index is 0.762. The smallest absolute Gasteiger partial charge is 0.00698 e. The molecule has 0 bridgehead atoms. The second-order valence-corrected chi connectivity index (χ2v) is 6.86. The average molecular weight is 251 g/mol. The third-order valence-corrected chi connectivity index (χ3v) is 5.40. The van der Waals surface area contributed by atoms with Gasteiger partial charge >= 0.3 is 0 Å². The van der Waals surface area contributed by atoms with Crippen molar-refractivity contribution < 1.29 is 0 Å². The number of hydrogen-bond donors (Lipinski definition) is 1. The summed E-state index contributed by atoms with van der Waals surface area (Å²) in [5.74, 6) is 2.00. The molecule has 1 nitrogen and oxygen atoms in total. The highest BCUT2D eigenvalue weighted by Gasteiger charge is 2.25. The molecule has 2 aliphatic rings. The third kappa shape index (κ3) is 4.26. The van der Waals surface area contributed by atoms with Crippen molar-refractivity contribution in [2.75, 3.05) is 0 Å². The van der Waals surface area contributed by atoms with Crippen LogP contribution in [0, 0.1) is 11.8 Å². The van der Waals surface area contributed by atoms with Crippen molar-refractivity contribution in [1.82, 2.24) is 5.32 Å². The normalized spacial score (nSPS) is 32.3. The molecule has 0 aliphatic heterocycles. The van der Waals surface area contributed by atoms with Crippen LogP contribution in [0.3, 0.4) is 0 Å². The van der Waals surface area contributed by atoms with Gasteiger partial charge in [0, 0.05) is 12.1 Å². The molecule has 2 aliphatic carbocycles. The molecule has 0 saturated heterocycles. The molecule has 106 valence electrons. The first kappa shape index (κ1) is 14.4. The molecule has 0 heterocycles. The van der Waals surface area contributed by atoms with Gasteiger partial charge in [0.1, 0.15) is 0 Å². The van der Waals surface area contributed by atoms with E-state index in [1.807, 2.05) is 0 Å². The van der Waals surface area contributed by atoms with Gasteiger partial charge in [-0.25, -0.2) is 0 Å². The standard InChI is InChI=1S/C17H33N/c1-3-7-15-10-12-17(13-11-15)18-14(2)16-8-5-4-6-9-16/h14-18H,3-13H2,1-2H3/t14-,15?,17?/m1/s1. The third-order valence-electron chi connectivity index (χ3n) is 5.40. The maximum Gasteiger partial charge on any atom is 0.00698 e. The van der Waals surface area contributed by atoms with Gasteiger partial charge in [0.15, 0.2) is 0 Å². The van der Waals surface area contributed by atoms with Crippen LogP contribution in [-0.4, -0.2) is 12.1 Å². The van der Waals surface area contributed by atoms with Crippen molar-refractivity contribution in [3.8, 4) is 0 Å². The minimum Gasteiger partial charge on any atom is -0.311 e. The van der Waals surface area contributed by atoms with E-state index in [2.05, 4.69) is 19.2 Å². The molecule has 0 amide bonds. The zero-order chi connectivity index (χ0) is 12.8. The van der Waals surface area contributed by atoms with E-state index in [4.69, 9.17) is 0 Å². The molecule has 0 aromatic heterocycles. The SMILES string of the molecule is CCCC1CCC(N[C@H](C)C2CCCCC2)CC1. The Morgan fingerprint density at radius 1 is 0.944 bits per heavy atom. The average Bonchev–Trinajstić information content (AvgIpc) is 2.42. The van der Waals surface area contributed by atoms with Gasteiger partial charge in [-0.1, -0.05) is 39.0 Å². The Kier molecular flexibility index (Phi) is 6.01. The quantitative estimate of drug-likeness (QED) is 0.732. The van der Waals surface area contributed by atoms with E-state index >= 15 is 0 Å². The van der Waals surface area contributed by atoms with Gasteiger partial charge in [-0.3, -0.25) is 0 Å². The molecule has 1 heteroatoms. The molecule has 0 aromatic rings. The van der Waals surface area contributed by atoms with E-state index in [1.165, 1.54) is 70.6 Å². The molecule has 2 rings (SSSR count). The molecule has 0 spiro atoms. The highest BCUT2D eigenvalue weighted by atomic mass is 15.0. The highest BCUT2D eigenvalue weighted by molar-refractivity contribution is 4.83. The van der Waals surface area contributed by atoms with Crippen LogP contribution in [0.25, 0.3) is 0 Å². The first-order valence-electron chi connectivity index (χ1n) is 8.55. The molecule has 0 aromatic carbocycles. The first-order valence-corrected chi connectivity index (χ1v) is 8.55. The minimum absolute atomic E-state index is 0.762. The van der Waals surface area contributed by atoms with Gasteiger partial charge in [0.05, 0.1) is 0 Å². The van der Waals surface area contributed by atoms with Crippen LogP contribution < -0.4 is 5.32 Å². The van der Waals surface area contributed by atoms with Crippen molar-refractivity contribution in [3.63, 3.8) is 0 Å². The number of nitrogens with one attached hydrogen (secondary N) is 1. The van der Waals surface area contributed by atoms with Gasteiger partial charge < -0.3 is 5.32 Å². The van der Waals surface area contributed by atoms with E-state index in [9.17, 15) is 0 Å². The summed E-state index contributed by atoms with van der Waals surface area (Å²) in [7, 11) is 0. The monoisotopic (exact) mass is 251 g/mol. The topological polar surface area (TPSA) is 12.0 Å². The summed E-state index contributed by atoms with van der Waals surface area (Å²) >= 11 is 0. The van der Waals surface area contributed by atoms with E-state index in [1.54, 1.807) is 0 Å². The Balaban J connectivity index is 1.67. The molecule has 1 atom stereocenters. The van der Waals surface area contributed by atoms with Gasteiger partial charge in [0.25, 0.3) is 0 Å². The number of rotatable bonds is 5. The molecule has 0 unspecified atom stereocenters. The van der Waals surface area contributed by atoms with Crippen LogP contribution in [0.5, 0.6) is 0 Å². The predicted molar refractivity (Wildman–Crippen MR) is 79.8 cm³/mol. The lowest BCUT2D eigenvalue weighted by Gasteiger charge is -2.35. The van der Waals surface area contributed by atoms with Crippen molar-refractivity contribution >= 4 is 0 Å². The van der Waals surface area contributed by atoms with Crippen molar-refractivity contribution in [1.29, 1.82) is 0 Å². The lowest BCUT2D eigenvalue weighted by atomic mass is 9.81. The Bertz CT molecular complexity index is 212. The molecular weight excluding hydrogens is 218 g/mol. The second-order valence-electron chi connectivity index (χ2n) is 6.86. The largest absolute Gasteiger partial charge is 0.311 e. The van der Waals surface area contributed by atoms with Gasteiger partial charge in [-0.15, -0.1) is 0 Å². The van der Waals surface area contributed by atoms with E-state index in [0.717, 1.165) is 23.9 Å². The summed E-state index contributed by atoms with van der Waals surface area (Å²) in [5, 5.41) is 3.95. The fourth-order valence-corrected chi connectivity index (χ4v) is 4.17. The fourth-order valence-electron chi connectivity index (χ4n) is 4.17. The summed E-state index contributed by atoms with van der Waals surface area (Å²) in [5.41, 5.74) is 0. The molecule has 0 radical (unpaired) electrons. The molecule has 18 heavy (non-hydrogen) atoms. The zero-order valence-corrected chi connectivity index (χ0v) is 12.6. The summed E-state index contributed by atoms with van der Waals surface area (Å²) in [4.78, 5) is 0. The van der Waals surface area contributed by atoms with Crippen LogP contribution in [0.2, 0.25) is 0 Å². The summed E-state index contributed by atoms with van der Waals surface area (Å²) in [6, 6.07) is 1.59. The second kappa shape index (κ2) is 7.53. The molecule has 1 N–H and O–H groups in total. The lowest BCUT2D eigenvalue weighted by Crippen LogP contribution is -2.43. The van der Waals surface area contributed by atoms with Crippen molar-refractivity contribution in [2.24, 2.45) is 11.8 Å². The highest BCUT2D eigenvalue weighted by Crippen LogP contribution is 2.30. The van der Waals surface area contributed by atoms with E-state index in [-0.39, 0.29) is 0 Å². The Morgan fingerprint density at radius 2 is 1.61 bits per heavy atom. The van der Waals surface area contributed by atoms with Crippen LogP contribution in [0.15, 0.2) is 0 Å². The maximum atomic E-state index is 3.95. The molecular formula is C17H33N. The zero-order valence-electron chi connectivity index (χ0n) is 12.6. The predicted octanol–water partition coefficient (Wildman–Crippen LogP) is 4.90. The molecule has 2 fully saturated rings.